The Labute approximate surface area is 120 Å². The number of carbonyl (C=O) groups excluding carboxylic acids is 1. The van der Waals surface area contributed by atoms with Crippen molar-refractivity contribution in [3.63, 3.8) is 0 Å². The van der Waals surface area contributed by atoms with Gasteiger partial charge < -0.3 is 9.73 Å². The number of nitrogens with zero attached hydrogens (tertiary/aromatic N) is 2. The van der Waals surface area contributed by atoms with Crippen molar-refractivity contribution < 1.29 is 9.21 Å². The molecule has 1 amide bonds. The molecule has 6 heteroatoms. The van der Waals surface area contributed by atoms with Gasteiger partial charge in [0.1, 0.15) is 0 Å². The van der Waals surface area contributed by atoms with E-state index in [0.717, 1.165) is 5.56 Å². The van der Waals surface area contributed by atoms with Gasteiger partial charge in [0, 0.05) is 31.5 Å². The molecule has 0 aliphatic rings. The van der Waals surface area contributed by atoms with E-state index >= 15 is 0 Å². The summed E-state index contributed by atoms with van der Waals surface area (Å²) in [5, 5.41) is 2.82. The summed E-state index contributed by atoms with van der Waals surface area (Å²) in [6, 6.07) is 8.57. The molecule has 0 unspecified atom stereocenters. The van der Waals surface area contributed by atoms with Crippen LogP contribution in [0.4, 0.5) is 0 Å². The summed E-state index contributed by atoms with van der Waals surface area (Å²) in [6.07, 6.45) is 3.35. The van der Waals surface area contributed by atoms with Gasteiger partial charge in [0.2, 0.25) is 0 Å². The molecular weight excluding hydrogens is 270 g/mol. The zero-order valence-corrected chi connectivity index (χ0v) is 11.4. The van der Waals surface area contributed by atoms with Gasteiger partial charge in [-0.05, 0) is 35.9 Å². The second-order valence-corrected chi connectivity index (χ2v) is 4.65. The Hall–Kier alpha value is -2.89. The molecule has 106 valence electrons. The van der Waals surface area contributed by atoms with E-state index in [9.17, 15) is 9.59 Å². The number of amides is 1. The molecule has 21 heavy (non-hydrogen) atoms. The predicted molar refractivity (Wildman–Crippen MR) is 76.9 cm³/mol. The number of benzene rings is 1. The molecule has 3 rings (SSSR count). The van der Waals surface area contributed by atoms with Crippen LogP contribution in [-0.2, 0) is 13.6 Å². The van der Waals surface area contributed by atoms with Crippen LogP contribution in [0.15, 0.2) is 51.9 Å². The highest BCUT2D eigenvalue weighted by molar-refractivity contribution is 5.97. The lowest BCUT2D eigenvalue weighted by molar-refractivity contribution is 0.0951. The van der Waals surface area contributed by atoms with Crippen molar-refractivity contribution in [2.24, 2.45) is 7.05 Å². The number of rotatable bonds is 3. The standard InChI is InChI=1S/C15H13N3O3/c1-18-12-8-11(2-3-13(12)21-15(18)20)14(19)17-9-10-4-6-16-7-5-10/h2-8H,9H2,1H3,(H,17,19). The van der Waals surface area contributed by atoms with E-state index in [1.165, 1.54) is 4.57 Å². The Balaban J connectivity index is 1.81. The number of nitrogens with one attached hydrogen (secondary N) is 1. The maximum absolute atomic E-state index is 12.1. The summed E-state index contributed by atoms with van der Waals surface area (Å²) in [7, 11) is 1.60. The molecule has 1 aromatic carbocycles. The van der Waals surface area contributed by atoms with Gasteiger partial charge in [-0.25, -0.2) is 4.79 Å². The maximum atomic E-state index is 12.1. The molecule has 0 saturated heterocycles. The lowest BCUT2D eigenvalue weighted by Crippen LogP contribution is -2.22. The third-order valence-electron chi connectivity index (χ3n) is 3.26. The largest absolute Gasteiger partial charge is 0.419 e. The molecule has 2 aromatic heterocycles. The van der Waals surface area contributed by atoms with Crippen molar-refractivity contribution in [1.29, 1.82) is 0 Å². The number of carbonyl (C=O) groups is 1. The topological polar surface area (TPSA) is 77.1 Å². The lowest BCUT2D eigenvalue weighted by Gasteiger charge is -2.05. The van der Waals surface area contributed by atoms with Gasteiger partial charge in [-0.1, -0.05) is 0 Å². The van der Waals surface area contributed by atoms with Crippen LogP contribution in [0.2, 0.25) is 0 Å². The maximum Gasteiger partial charge on any atom is 0.419 e. The first-order chi connectivity index (χ1) is 10.1. The minimum atomic E-state index is -0.445. The third-order valence-corrected chi connectivity index (χ3v) is 3.26. The highest BCUT2D eigenvalue weighted by Crippen LogP contribution is 2.14. The minimum absolute atomic E-state index is 0.206. The van der Waals surface area contributed by atoms with Gasteiger partial charge in [-0.2, -0.15) is 0 Å². The minimum Gasteiger partial charge on any atom is -0.408 e. The molecule has 0 atom stereocenters. The van der Waals surface area contributed by atoms with E-state index in [1.807, 2.05) is 12.1 Å². The molecule has 0 aliphatic heterocycles. The van der Waals surface area contributed by atoms with E-state index in [1.54, 1.807) is 37.6 Å². The lowest BCUT2D eigenvalue weighted by atomic mass is 10.2. The molecule has 0 aliphatic carbocycles. The molecule has 0 bridgehead atoms. The van der Waals surface area contributed by atoms with Crippen molar-refractivity contribution in [2.45, 2.75) is 6.54 Å². The highest BCUT2D eigenvalue weighted by atomic mass is 16.4. The molecule has 1 N–H and O–H groups in total. The average molecular weight is 283 g/mol. The molecule has 3 aromatic rings. The second kappa shape index (κ2) is 5.24. The highest BCUT2D eigenvalue weighted by Gasteiger charge is 2.10. The fraction of sp³-hybridized carbons (Fsp3) is 0.133. The van der Waals surface area contributed by atoms with E-state index in [2.05, 4.69) is 10.3 Å². The molecule has 0 fully saturated rings. The molecule has 0 radical (unpaired) electrons. The fourth-order valence-corrected chi connectivity index (χ4v) is 2.05. The van der Waals surface area contributed by atoms with Crippen molar-refractivity contribution >= 4 is 17.0 Å². The third kappa shape index (κ3) is 2.55. The summed E-state index contributed by atoms with van der Waals surface area (Å²) in [5.41, 5.74) is 2.51. The van der Waals surface area contributed by atoms with Gasteiger partial charge in [0.25, 0.3) is 5.91 Å². The van der Waals surface area contributed by atoms with E-state index in [4.69, 9.17) is 4.42 Å². The number of hydrogen-bond donors (Lipinski definition) is 1. The summed E-state index contributed by atoms with van der Waals surface area (Å²) in [4.78, 5) is 27.5. The van der Waals surface area contributed by atoms with E-state index < -0.39 is 5.76 Å². The quantitative estimate of drug-likeness (QED) is 0.789. The van der Waals surface area contributed by atoms with Gasteiger partial charge in [0.15, 0.2) is 5.58 Å². The first kappa shape index (κ1) is 13.1. The number of hydrogen-bond acceptors (Lipinski definition) is 4. The first-order valence-corrected chi connectivity index (χ1v) is 6.42. The molecule has 6 nitrogen and oxygen atoms in total. The van der Waals surface area contributed by atoms with Crippen molar-refractivity contribution in [2.75, 3.05) is 0 Å². The normalized spacial score (nSPS) is 10.7. The number of oxazole rings is 1. The zero-order valence-electron chi connectivity index (χ0n) is 11.4. The fourth-order valence-electron chi connectivity index (χ4n) is 2.05. The predicted octanol–water partition coefficient (Wildman–Crippen LogP) is 1.46. The van der Waals surface area contributed by atoms with E-state index in [0.29, 0.717) is 23.2 Å². The Morgan fingerprint density at radius 2 is 2.05 bits per heavy atom. The monoisotopic (exact) mass is 283 g/mol. The van der Waals surface area contributed by atoms with Crippen LogP contribution in [-0.4, -0.2) is 15.5 Å². The van der Waals surface area contributed by atoms with Crippen LogP contribution in [0, 0.1) is 0 Å². The van der Waals surface area contributed by atoms with Crippen molar-refractivity contribution in [1.82, 2.24) is 14.9 Å². The van der Waals surface area contributed by atoms with Gasteiger partial charge in [0.05, 0.1) is 5.52 Å². The van der Waals surface area contributed by atoms with E-state index in [-0.39, 0.29) is 5.91 Å². The Morgan fingerprint density at radius 3 is 2.81 bits per heavy atom. The second-order valence-electron chi connectivity index (χ2n) is 4.65. The Bertz CT molecular complexity index is 849. The molecule has 2 heterocycles. The molecular formula is C15H13N3O3. The number of aryl methyl sites for hydroxylation is 1. The smallest absolute Gasteiger partial charge is 0.408 e. The van der Waals surface area contributed by atoms with Crippen LogP contribution >= 0.6 is 0 Å². The number of pyridine rings is 1. The van der Waals surface area contributed by atoms with Crippen molar-refractivity contribution in [3.05, 3.63) is 64.4 Å². The van der Waals surface area contributed by atoms with Crippen LogP contribution in [0.1, 0.15) is 15.9 Å². The summed E-state index contributed by atoms with van der Waals surface area (Å²) in [5.74, 6) is -0.651. The van der Waals surface area contributed by atoms with Crippen molar-refractivity contribution in [3.8, 4) is 0 Å². The SMILES string of the molecule is Cn1c(=O)oc2ccc(C(=O)NCc3ccncc3)cc21. The molecule has 0 saturated carbocycles. The van der Waals surface area contributed by atoms with Gasteiger partial charge in [-0.3, -0.25) is 14.3 Å². The van der Waals surface area contributed by atoms with Gasteiger partial charge in [-0.15, -0.1) is 0 Å². The summed E-state index contributed by atoms with van der Waals surface area (Å²) in [6.45, 7) is 0.420. The summed E-state index contributed by atoms with van der Waals surface area (Å²) < 4.78 is 6.40. The number of fused-ring (bicyclic) bond motifs is 1. The van der Waals surface area contributed by atoms with Crippen LogP contribution < -0.4 is 11.1 Å². The first-order valence-electron chi connectivity index (χ1n) is 6.42. The van der Waals surface area contributed by atoms with Gasteiger partial charge >= 0.3 is 5.76 Å². The van der Waals surface area contributed by atoms with Crippen LogP contribution in [0.5, 0.6) is 0 Å². The van der Waals surface area contributed by atoms with Crippen LogP contribution in [0.3, 0.4) is 0 Å². The Kier molecular flexibility index (Phi) is 3.27. The average Bonchev–Trinajstić information content (AvgIpc) is 2.80. The van der Waals surface area contributed by atoms with Crippen LogP contribution in [0.25, 0.3) is 11.1 Å². The zero-order chi connectivity index (χ0) is 14.8. The Morgan fingerprint density at radius 1 is 1.29 bits per heavy atom. The number of aromatic nitrogens is 2. The molecule has 0 spiro atoms. The summed E-state index contributed by atoms with van der Waals surface area (Å²) >= 11 is 0.